The van der Waals surface area contributed by atoms with E-state index >= 15 is 0 Å². The van der Waals surface area contributed by atoms with Crippen LogP contribution >= 0.6 is 0 Å². The summed E-state index contributed by atoms with van der Waals surface area (Å²) in [6.45, 7) is 5.34. The van der Waals surface area contributed by atoms with Crippen LogP contribution in [-0.2, 0) is 11.2 Å². The quantitative estimate of drug-likeness (QED) is 0.721. The van der Waals surface area contributed by atoms with E-state index in [0.717, 1.165) is 18.3 Å². The molecule has 1 aromatic rings. The Balaban J connectivity index is 1.99. The standard InChI is InChI=1S/C17H24O/c1-3-5-14-7-10-16(11-8-14)17-12-9-15(6-4-2)13-18-17/h7-8,10-12,15H,3-6,9,13H2,1-2H3. The van der Waals surface area contributed by atoms with E-state index < -0.39 is 0 Å². The van der Waals surface area contributed by atoms with Crippen molar-refractivity contribution in [2.45, 2.75) is 46.0 Å². The second-order valence-corrected chi connectivity index (χ2v) is 5.22. The first-order chi connectivity index (χ1) is 8.83. The second-order valence-electron chi connectivity index (χ2n) is 5.22. The predicted octanol–water partition coefficient (Wildman–Crippen LogP) is 4.82. The summed E-state index contributed by atoms with van der Waals surface area (Å²) in [7, 11) is 0. The molecule has 98 valence electrons. The number of benzene rings is 1. The molecule has 1 heteroatoms. The van der Waals surface area contributed by atoms with Crippen LogP contribution in [0.2, 0.25) is 0 Å². The van der Waals surface area contributed by atoms with Crippen molar-refractivity contribution in [3.05, 3.63) is 41.5 Å². The molecule has 0 N–H and O–H groups in total. The monoisotopic (exact) mass is 244 g/mol. The van der Waals surface area contributed by atoms with Crippen molar-refractivity contribution in [2.75, 3.05) is 6.61 Å². The van der Waals surface area contributed by atoms with Crippen LogP contribution in [0.1, 0.15) is 50.7 Å². The van der Waals surface area contributed by atoms with Crippen molar-refractivity contribution in [3.8, 4) is 0 Å². The van der Waals surface area contributed by atoms with Crippen molar-refractivity contribution in [3.63, 3.8) is 0 Å². The van der Waals surface area contributed by atoms with Crippen molar-refractivity contribution < 1.29 is 4.74 Å². The Kier molecular flexibility index (Phi) is 4.86. The third kappa shape index (κ3) is 3.38. The first-order valence-corrected chi connectivity index (χ1v) is 7.25. The summed E-state index contributed by atoms with van der Waals surface area (Å²) in [6.07, 6.45) is 8.33. The smallest absolute Gasteiger partial charge is 0.122 e. The van der Waals surface area contributed by atoms with Gasteiger partial charge in [-0.05, 0) is 36.8 Å². The van der Waals surface area contributed by atoms with Crippen LogP contribution in [0.3, 0.4) is 0 Å². The molecule has 0 aromatic heterocycles. The minimum atomic E-state index is 0.720. The van der Waals surface area contributed by atoms with Gasteiger partial charge in [0.05, 0.1) is 6.61 Å². The van der Waals surface area contributed by atoms with Crippen molar-refractivity contribution in [1.82, 2.24) is 0 Å². The van der Waals surface area contributed by atoms with Gasteiger partial charge >= 0.3 is 0 Å². The molecule has 0 saturated heterocycles. The van der Waals surface area contributed by atoms with Gasteiger partial charge in [-0.25, -0.2) is 0 Å². The van der Waals surface area contributed by atoms with Crippen LogP contribution in [0.25, 0.3) is 5.76 Å². The molecule has 0 fully saturated rings. The van der Waals surface area contributed by atoms with Gasteiger partial charge in [0.1, 0.15) is 5.76 Å². The van der Waals surface area contributed by atoms with Crippen LogP contribution in [-0.4, -0.2) is 6.61 Å². The van der Waals surface area contributed by atoms with E-state index in [1.165, 1.54) is 43.2 Å². The van der Waals surface area contributed by atoms with Crippen molar-refractivity contribution >= 4 is 5.76 Å². The van der Waals surface area contributed by atoms with Crippen LogP contribution < -0.4 is 0 Å². The molecular weight excluding hydrogens is 220 g/mol. The number of hydrogen-bond donors (Lipinski definition) is 0. The van der Waals surface area contributed by atoms with Crippen molar-refractivity contribution in [1.29, 1.82) is 0 Å². The van der Waals surface area contributed by atoms with Gasteiger partial charge in [0.2, 0.25) is 0 Å². The summed E-state index contributed by atoms with van der Waals surface area (Å²) in [6, 6.07) is 8.83. The lowest BCUT2D eigenvalue weighted by molar-refractivity contribution is 0.193. The van der Waals surface area contributed by atoms with Gasteiger partial charge in [0.15, 0.2) is 0 Å². The summed E-state index contributed by atoms with van der Waals surface area (Å²) in [5.74, 6) is 1.79. The molecule has 1 heterocycles. The predicted molar refractivity (Wildman–Crippen MR) is 77.4 cm³/mol. The molecule has 0 radical (unpaired) electrons. The van der Waals surface area contributed by atoms with Gasteiger partial charge in [-0.2, -0.15) is 0 Å². The first-order valence-electron chi connectivity index (χ1n) is 7.25. The maximum absolute atomic E-state index is 5.89. The van der Waals surface area contributed by atoms with Gasteiger partial charge < -0.3 is 4.74 Å². The summed E-state index contributed by atoms with van der Waals surface area (Å²) in [4.78, 5) is 0. The first kappa shape index (κ1) is 13.2. The molecule has 1 aliphatic heterocycles. The molecule has 0 saturated carbocycles. The lowest BCUT2D eigenvalue weighted by atomic mass is 9.97. The molecule has 1 atom stereocenters. The van der Waals surface area contributed by atoms with Gasteiger partial charge in [-0.1, -0.05) is 51.0 Å². The van der Waals surface area contributed by atoms with Crippen LogP contribution in [0.4, 0.5) is 0 Å². The minimum Gasteiger partial charge on any atom is -0.493 e. The highest BCUT2D eigenvalue weighted by Crippen LogP contribution is 2.26. The Hall–Kier alpha value is -1.24. The number of hydrogen-bond acceptors (Lipinski definition) is 1. The Bertz CT molecular complexity index is 389. The van der Waals surface area contributed by atoms with Crippen LogP contribution in [0.15, 0.2) is 30.3 Å². The summed E-state index contributed by atoms with van der Waals surface area (Å²) >= 11 is 0. The largest absolute Gasteiger partial charge is 0.493 e. The number of ether oxygens (including phenoxy) is 1. The zero-order valence-corrected chi connectivity index (χ0v) is 11.6. The van der Waals surface area contributed by atoms with Gasteiger partial charge in [0.25, 0.3) is 0 Å². The third-order valence-electron chi connectivity index (χ3n) is 3.59. The fourth-order valence-corrected chi connectivity index (χ4v) is 2.54. The molecule has 18 heavy (non-hydrogen) atoms. The Morgan fingerprint density at radius 1 is 1.11 bits per heavy atom. The molecule has 2 rings (SSSR count). The minimum absolute atomic E-state index is 0.720. The van der Waals surface area contributed by atoms with Gasteiger partial charge in [0, 0.05) is 5.56 Å². The molecule has 0 amide bonds. The highest BCUT2D eigenvalue weighted by atomic mass is 16.5. The van der Waals surface area contributed by atoms with E-state index in [2.05, 4.69) is 44.2 Å². The Morgan fingerprint density at radius 2 is 1.89 bits per heavy atom. The average Bonchev–Trinajstić information content (AvgIpc) is 2.41. The normalized spacial score (nSPS) is 19.2. The van der Waals surface area contributed by atoms with Crippen LogP contribution in [0, 0.1) is 5.92 Å². The molecule has 1 aliphatic rings. The molecule has 1 nitrogen and oxygen atoms in total. The number of rotatable bonds is 5. The fourth-order valence-electron chi connectivity index (χ4n) is 2.54. The topological polar surface area (TPSA) is 9.23 Å². The maximum atomic E-state index is 5.89. The van der Waals surface area contributed by atoms with Crippen molar-refractivity contribution in [2.24, 2.45) is 5.92 Å². The van der Waals surface area contributed by atoms with E-state index in [1.807, 2.05) is 0 Å². The Morgan fingerprint density at radius 3 is 2.44 bits per heavy atom. The lowest BCUT2D eigenvalue weighted by Gasteiger charge is -2.22. The summed E-state index contributed by atoms with van der Waals surface area (Å²) in [5.41, 5.74) is 2.64. The highest BCUT2D eigenvalue weighted by Gasteiger charge is 2.15. The van der Waals surface area contributed by atoms with E-state index in [1.54, 1.807) is 0 Å². The number of allylic oxidation sites excluding steroid dienone is 1. The molecule has 0 aliphatic carbocycles. The summed E-state index contributed by atoms with van der Waals surface area (Å²) in [5, 5.41) is 0. The third-order valence-corrected chi connectivity index (χ3v) is 3.59. The molecule has 0 bridgehead atoms. The molecule has 0 spiro atoms. The van der Waals surface area contributed by atoms with Gasteiger partial charge in [-0.15, -0.1) is 0 Å². The Labute approximate surface area is 111 Å². The number of aryl methyl sites for hydroxylation is 1. The van der Waals surface area contributed by atoms with E-state index in [4.69, 9.17) is 4.74 Å². The average molecular weight is 244 g/mol. The zero-order chi connectivity index (χ0) is 12.8. The van der Waals surface area contributed by atoms with Crippen LogP contribution in [0.5, 0.6) is 0 Å². The lowest BCUT2D eigenvalue weighted by Crippen LogP contribution is -2.13. The van der Waals surface area contributed by atoms with E-state index in [0.29, 0.717) is 0 Å². The summed E-state index contributed by atoms with van der Waals surface area (Å²) < 4.78 is 5.89. The van der Waals surface area contributed by atoms with E-state index in [9.17, 15) is 0 Å². The second kappa shape index (κ2) is 6.63. The molecule has 1 unspecified atom stereocenters. The SMILES string of the molecule is CCCc1ccc(C2=CCC(CCC)CO2)cc1. The zero-order valence-electron chi connectivity index (χ0n) is 11.6. The van der Waals surface area contributed by atoms with E-state index in [-0.39, 0.29) is 0 Å². The molecular formula is C17H24O. The molecule has 1 aromatic carbocycles. The highest BCUT2D eigenvalue weighted by molar-refractivity contribution is 5.60. The maximum Gasteiger partial charge on any atom is 0.122 e. The van der Waals surface area contributed by atoms with Gasteiger partial charge in [-0.3, -0.25) is 0 Å². The fraction of sp³-hybridized carbons (Fsp3) is 0.529.